The number of para-hydroxylation sites is 1. The van der Waals surface area contributed by atoms with Crippen molar-refractivity contribution in [1.82, 2.24) is 19.9 Å². The molecule has 10 heteroatoms. The number of carbonyl (C=O) groups excluding carboxylic acids is 1. The number of carbonyl (C=O) groups is 1. The Kier molecular flexibility index (Phi) is 10.9. The summed E-state index contributed by atoms with van der Waals surface area (Å²) < 4.78 is 16.5. The van der Waals surface area contributed by atoms with Crippen molar-refractivity contribution in [2.24, 2.45) is 5.92 Å². The molecule has 1 amide bonds. The summed E-state index contributed by atoms with van der Waals surface area (Å²) in [6.45, 7) is 3.34. The summed E-state index contributed by atoms with van der Waals surface area (Å²) in [5.41, 5.74) is 5.14. The minimum absolute atomic E-state index is 0.0461. The van der Waals surface area contributed by atoms with Gasteiger partial charge in [0.25, 0.3) is 5.91 Å². The first-order chi connectivity index (χ1) is 23.3. The molecular weight excluding hydrogens is 643 g/mol. The lowest BCUT2D eigenvalue weighted by atomic mass is 9.86. The number of hydrogen-bond acceptors (Lipinski definition) is 6. The lowest BCUT2D eigenvalue weighted by molar-refractivity contribution is 0.0942. The summed E-state index contributed by atoms with van der Waals surface area (Å²) in [5, 5.41) is 8.31. The lowest BCUT2D eigenvalue weighted by Gasteiger charge is -2.29. The first-order valence-corrected chi connectivity index (χ1v) is 18.1. The minimum Gasteiger partial charge on any atom is -0.362 e. The summed E-state index contributed by atoms with van der Waals surface area (Å²) in [6, 6.07) is 25.3. The predicted molar refractivity (Wildman–Crippen MR) is 198 cm³/mol. The summed E-state index contributed by atoms with van der Waals surface area (Å²) >= 11 is 7.87. The molecule has 6 rings (SSSR count). The van der Waals surface area contributed by atoms with Crippen molar-refractivity contribution in [2.45, 2.75) is 50.9 Å². The van der Waals surface area contributed by atoms with Gasteiger partial charge in [0, 0.05) is 72.1 Å². The van der Waals surface area contributed by atoms with Crippen LogP contribution in [0.3, 0.4) is 0 Å². The summed E-state index contributed by atoms with van der Waals surface area (Å²) in [4.78, 5) is 25.2. The molecule has 1 aliphatic carbocycles. The Bertz CT molecular complexity index is 1850. The highest BCUT2D eigenvalue weighted by molar-refractivity contribution is 7.98. The molecule has 0 aliphatic heterocycles. The van der Waals surface area contributed by atoms with Crippen LogP contribution >= 0.6 is 23.4 Å². The molecule has 2 heterocycles. The Morgan fingerprint density at radius 1 is 1.00 bits per heavy atom. The number of benzene rings is 3. The zero-order valence-corrected chi connectivity index (χ0v) is 29.3. The number of amides is 1. The van der Waals surface area contributed by atoms with E-state index < -0.39 is 0 Å². The Morgan fingerprint density at radius 2 is 1.75 bits per heavy atom. The van der Waals surface area contributed by atoms with E-state index in [2.05, 4.69) is 33.4 Å². The number of aromatic nitrogens is 3. The van der Waals surface area contributed by atoms with Gasteiger partial charge in [0.2, 0.25) is 5.95 Å². The van der Waals surface area contributed by atoms with E-state index in [4.69, 9.17) is 21.6 Å². The van der Waals surface area contributed by atoms with E-state index in [1.54, 1.807) is 23.9 Å². The maximum Gasteiger partial charge on any atom is 0.253 e. The predicted octanol–water partition coefficient (Wildman–Crippen LogP) is 8.60. The van der Waals surface area contributed by atoms with Gasteiger partial charge in [-0.2, -0.15) is 16.7 Å². The normalized spacial score (nSPS) is 16.2. The van der Waals surface area contributed by atoms with Gasteiger partial charge in [0.1, 0.15) is 11.6 Å². The van der Waals surface area contributed by atoms with Gasteiger partial charge in [-0.05, 0) is 74.4 Å². The third-order valence-electron chi connectivity index (χ3n) is 9.19. The van der Waals surface area contributed by atoms with Crippen LogP contribution in [0.25, 0.3) is 22.2 Å². The topological polar surface area (TPSA) is 75.1 Å². The standard InChI is InChI=1S/C38H42ClFN6OS/c1-25-30(22-35(27-10-5-4-6-11-27)46(25)20-21-48-24-31-32(39)13-9-14-33(31)40)37(47)41-23-26-16-18-28(19-17-26)42-38-43-34-15-8-7-12-29(34)36(44-38)45(2)3/h4-15,22,26,28H,16-21,23-24H2,1-3H3,(H,41,47)(H,42,43,44). The average Bonchev–Trinajstić information content (AvgIpc) is 3.42. The SMILES string of the molecule is Cc1c(C(=O)NCC2CCC(Nc3nc(N(C)C)c4ccccc4n3)CC2)cc(-c2ccccc2)n1CCSCc1c(F)cccc1Cl. The van der Waals surface area contributed by atoms with Crippen LogP contribution in [0, 0.1) is 18.7 Å². The van der Waals surface area contributed by atoms with E-state index in [0.717, 1.165) is 65.1 Å². The summed E-state index contributed by atoms with van der Waals surface area (Å²) in [6.07, 6.45) is 4.03. The fourth-order valence-electron chi connectivity index (χ4n) is 6.50. The molecule has 0 atom stereocenters. The van der Waals surface area contributed by atoms with E-state index >= 15 is 0 Å². The maximum absolute atomic E-state index is 14.3. The molecule has 7 nitrogen and oxygen atoms in total. The van der Waals surface area contributed by atoms with Gasteiger partial charge >= 0.3 is 0 Å². The quantitative estimate of drug-likeness (QED) is 0.128. The Morgan fingerprint density at radius 3 is 2.50 bits per heavy atom. The van der Waals surface area contributed by atoms with Crippen molar-refractivity contribution < 1.29 is 9.18 Å². The van der Waals surface area contributed by atoms with E-state index in [-0.39, 0.29) is 11.7 Å². The number of rotatable bonds is 12. The van der Waals surface area contributed by atoms with Crippen LogP contribution in [-0.2, 0) is 12.3 Å². The van der Waals surface area contributed by atoms with Gasteiger partial charge in [-0.25, -0.2) is 9.37 Å². The van der Waals surface area contributed by atoms with Crippen molar-refractivity contribution in [3.05, 3.63) is 107 Å². The molecule has 5 aromatic rings. The van der Waals surface area contributed by atoms with Crippen LogP contribution < -0.4 is 15.5 Å². The Balaban J connectivity index is 1.06. The van der Waals surface area contributed by atoms with Gasteiger partial charge in [-0.3, -0.25) is 4.79 Å². The Hall–Kier alpha value is -4.08. The molecule has 1 fully saturated rings. The van der Waals surface area contributed by atoms with Gasteiger partial charge in [0.05, 0.1) is 11.1 Å². The molecular formula is C38H42ClFN6OS. The van der Waals surface area contributed by atoms with Crippen molar-refractivity contribution in [1.29, 1.82) is 0 Å². The smallest absolute Gasteiger partial charge is 0.253 e. The fourth-order valence-corrected chi connectivity index (χ4v) is 7.77. The van der Waals surface area contributed by atoms with E-state index in [1.807, 2.05) is 68.4 Å². The monoisotopic (exact) mass is 684 g/mol. The number of hydrogen-bond donors (Lipinski definition) is 2. The van der Waals surface area contributed by atoms with E-state index in [9.17, 15) is 9.18 Å². The second-order valence-corrected chi connectivity index (χ2v) is 14.2. The van der Waals surface area contributed by atoms with Crippen LogP contribution in [0.1, 0.15) is 47.3 Å². The molecule has 0 bridgehead atoms. The molecule has 0 unspecified atom stereocenters. The molecule has 48 heavy (non-hydrogen) atoms. The van der Waals surface area contributed by atoms with Gasteiger partial charge < -0.3 is 20.1 Å². The molecule has 0 spiro atoms. The first kappa shape index (κ1) is 33.8. The molecule has 1 saturated carbocycles. The highest BCUT2D eigenvalue weighted by atomic mass is 35.5. The summed E-state index contributed by atoms with van der Waals surface area (Å²) in [5.74, 6) is 2.90. The molecule has 2 N–H and O–H groups in total. The second kappa shape index (κ2) is 15.4. The van der Waals surface area contributed by atoms with E-state index in [1.165, 1.54) is 6.07 Å². The zero-order valence-electron chi connectivity index (χ0n) is 27.7. The maximum atomic E-state index is 14.3. The van der Waals surface area contributed by atoms with E-state index in [0.29, 0.717) is 52.9 Å². The zero-order chi connectivity index (χ0) is 33.6. The van der Waals surface area contributed by atoms with Crippen LogP contribution in [0.15, 0.2) is 78.9 Å². The van der Waals surface area contributed by atoms with Crippen LogP contribution in [0.2, 0.25) is 5.02 Å². The molecule has 0 saturated heterocycles. The largest absolute Gasteiger partial charge is 0.362 e. The highest BCUT2D eigenvalue weighted by Gasteiger charge is 2.24. The third-order valence-corrected chi connectivity index (χ3v) is 10.5. The molecule has 0 radical (unpaired) electrons. The number of nitrogens with zero attached hydrogens (tertiary/aromatic N) is 4. The van der Waals surface area contributed by atoms with Gasteiger partial charge in [0.15, 0.2) is 0 Å². The molecule has 3 aromatic carbocycles. The fraction of sp³-hybridized carbons (Fsp3) is 0.342. The molecule has 1 aliphatic rings. The lowest BCUT2D eigenvalue weighted by Crippen LogP contribution is -2.34. The van der Waals surface area contributed by atoms with Crippen LogP contribution in [-0.4, -0.2) is 52.9 Å². The Labute approximate surface area is 291 Å². The molecule has 2 aromatic heterocycles. The summed E-state index contributed by atoms with van der Waals surface area (Å²) in [7, 11) is 4.01. The minimum atomic E-state index is -0.279. The van der Waals surface area contributed by atoms with Crippen molar-refractivity contribution >= 4 is 51.9 Å². The first-order valence-electron chi connectivity index (χ1n) is 16.5. The van der Waals surface area contributed by atoms with Crippen molar-refractivity contribution in [3.63, 3.8) is 0 Å². The van der Waals surface area contributed by atoms with Crippen molar-refractivity contribution in [2.75, 3.05) is 36.6 Å². The third kappa shape index (κ3) is 7.79. The van der Waals surface area contributed by atoms with Gasteiger partial charge in [-0.15, -0.1) is 0 Å². The van der Waals surface area contributed by atoms with Crippen molar-refractivity contribution in [3.8, 4) is 11.3 Å². The average molecular weight is 685 g/mol. The second-order valence-electron chi connectivity index (χ2n) is 12.7. The number of nitrogens with one attached hydrogen (secondary N) is 2. The number of thioether (sulfide) groups is 1. The number of anilines is 2. The number of halogens is 2. The number of fused-ring (bicyclic) bond motifs is 1. The van der Waals surface area contributed by atoms with Crippen LogP contribution in [0.5, 0.6) is 0 Å². The molecule has 250 valence electrons. The highest BCUT2D eigenvalue weighted by Crippen LogP contribution is 2.30. The van der Waals surface area contributed by atoms with Crippen LogP contribution in [0.4, 0.5) is 16.2 Å². The van der Waals surface area contributed by atoms with Gasteiger partial charge in [-0.1, -0.05) is 60.1 Å².